The first-order valence-electron chi connectivity index (χ1n) is 10.8. The number of morpholine rings is 1. The fourth-order valence-corrected chi connectivity index (χ4v) is 6.26. The summed E-state index contributed by atoms with van der Waals surface area (Å²) in [5, 5.41) is 0. The molecule has 2 saturated heterocycles. The number of fused-ring (bicyclic) bond motifs is 1. The fraction of sp³-hybridized carbons (Fsp3) is 0.773. The van der Waals surface area contributed by atoms with Crippen LogP contribution in [-0.4, -0.2) is 60.6 Å². The van der Waals surface area contributed by atoms with E-state index in [1.807, 2.05) is 0 Å². The summed E-state index contributed by atoms with van der Waals surface area (Å²) in [6.45, 7) is 11.7. The molecule has 0 bridgehead atoms. The highest BCUT2D eigenvalue weighted by Crippen LogP contribution is 2.33. The van der Waals surface area contributed by atoms with Crippen molar-refractivity contribution in [2.24, 2.45) is 11.8 Å². The molecule has 4 rings (SSSR count). The van der Waals surface area contributed by atoms with Gasteiger partial charge >= 0.3 is 0 Å². The van der Waals surface area contributed by atoms with Crippen LogP contribution in [0.15, 0.2) is 6.07 Å². The van der Waals surface area contributed by atoms with Gasteiger partial charge in [-0.05, 0) is 69.4 Å². The van der Waals surface area contributed by atoms with Crippen LogP contribution in [0.25, 0.3) is 0 Å². The van der Waals surface area contributed by atoms with Gasteiger partial charge in [0.05, 0.1) is 17.1 Å². The summed E-state index contributed by atoms with van der Waals surface area (Å²) in [6, 6.07) is 2.20. The first-order chi connectivity index (χ1) is 13.0. The first-order valence-corrected chi connectivity index (χ1v) is 11.6. The molecule has 27 heavy (non-hydrogen) atoms. The predicted molar refractivity (Wildman–Crippen MR) is 111 cm³/mol. The van der Waals surface area contributed by atoms with Gasteiger partial charge in [-0.1, -0.05) is 6.92 Å². The van der Waals surface area contributed by atoms with E-state index in [0.29, 0.717) is 18.1 Å². The molecule has 1 aromatic rings. The smallest absolute Gasteiger partial charge is 0.263 e. The number of amides is 1. The molecule has 1 amide bonds. The number of carbonyl (C=O) groups is 1. The summed E-state index contributed by atoms with van der Waals surface area (Å²) in [6.07, 6.45) is 6.52. The molecule has 1 aromatic heterocycles. The Morgan fingerprint density at radius 3 is 2.56 bits per heavy atom. The number of thiophene rings is 1. The number of nitrogens with zero attached hydrogens (tertiary/aromatic N) is 2. The Labute approximate surface area is 167 Å². The highest BCUT2D eigenvalue weighted by atomic mass is 32.1. The van der Waals surface area contributed by atoms with Gasteiger partial charge in [0.25, 0.3) is 5.91 Å². The molecule has 1 aliphatic carbocycles. The third-order valence-electron chi connectivity index (χ3n) is 6.45. The zero-order valence-electron chi connectivity index (χ0n) is 17.1. The monoisotopic (exact) mass is 390 g/mol. The molecule has 150 valence electrons. The number of aryl methyl sites for hydroxylation is 1. The van der Waals surface area contributed by atoms with Crippen LogP contribution in [0.5, 0.6) is 0 Å². The SMILES string of the molecule is CC1CCc2sc(C(=O)N3CCC(CN4CC(C)OC(C)C4)CC3)cc2C1. The van der Waals surface area contributed by atoms with Gasteiger partial charge in [0.1, 0.15) is 0 Å². The Hall–Kier alpha value is -0.910. The van der Waals surface area contributed by atoms with Crippen LogP contribution < -0.4 is 0 Å². The maximum atomic E-state index is 13.0. The molecule has 3 heterocycles. The number of rotatable bonds is 3. The molecule has 0 spiro atoms. The molecule has 0 saturated carbocycles. The van der Waals surface area contributed by atoms with Crippen molar-refractivity contribution >= 4 is 17.2 Å². The van der Waals surface area contributed by atoms with E-state index in [0.717, 1.165) is 69.2 Å². The lowest BCUT2D eigenvalue weighted by Gasteiger charge is -2.39. The van der Waals surface area contributed by atoms with Crippen LogP contribution in [-0.2, 0) is 17.6 Å². The fourth-order valence-electron chi connectivity index (χ4n) is 5.08. The molecule has 4 nitrogen and oxygen atoms in total. The van der Waals surface area contributed by atoms with Crippen LogP contribution in [0.3, 0.4) is 0 Å². The zero-order chi connectivity index (χ0) is 19.0. The van der Waals surface area contributed by atoms with Crippen molar-refractivity contribution in [3.05, 3.63) is 21.4 Å². The number of ether oxygens (including phenoxy) is 1. The van der Waals surface area contributed by atoms with Gasteiger partial charge in [-0.3, -0.25) is 9.69 Å². The lowest BCUT2D eigenvalue weighted by atomic mass is 9.90. The van der Waals surface area contributed by atoms with Gasteiger partial charge < -0.3 is 9.64 Å². The zero-order valence-corrected chi connectivity index (χ0v) is 17.9. The maximum Gasteiger partial charge on any atom is 0.263 e. The maximum absolute atomic E-state index is 13.0. The Bertz CT molecular complexity index is 655. The standard InChI is InChI=1S/C22H34N2O2S/c1-15-4-5-20-19(10-15)11-21(27-20)22(25)24-8-6-18(7-9-24)14-23-12-16(2)26-17(3)13-23/h11,15-18H,4-10,12-14H2,1-3H3. The minimum Gasteiger partial charge on any atom is -0.373 e. The van der Waals surface area contributed by atoms with Crippen LogP contribution in [0, 0.1) is 11.8 Å². The summed E-state index contributed by atoms with van der Waals surface area (Å²) >= 11 is 1.76. The third-order valence-corrected chi connectivity index (χ3v) is 7.68. The summed E-state index contributed by atoms with van der Waals surface area (Å²) < 4.78 is 5.85. The van der Waals surface area contributed by atoms with E-state index in [4.69, 9.17) is 4.74 Å². The third kappa shape index (κ3) is 4.57. The number of piperidine rings is 1. The Balaban J connectivity index is 1.29. The van der Waals surface area contributed by atoms with Crippen LogP contribution >= 0.6 is 11.3 Å². The van der Waals surface area contributed by atoms with Crippen molar-refractivity contribution in [3.63, 3.8) is 0 Å². The Morgan fingerprint density at radius 2 is 1.85 bits per heavy atom. The average molecular weight is 391 g/mol. The lowest BCUT2D eigenvalue weighted by Crippen LogP contribution is -2.48. The molecule has 0 radical (unpaired) electrons. The van der Waals surface area contributed by atoms with E-state index >= 15 is 0 Å². The number of carbonyl (C=O) groups excluding carboxylic acids is 1. The predicted octanol–water partition coefficient (Wildman–Crippen LogP) is 3.83. The molecule has 3 atom stereocenters. The molecular weight excluding hydrogens is 356 g/mol. The normalized spacial score (nSPS) is 30.3. The van der Waals surface area contributed by atoms with E-state index in [1.165, 1.54) is 16.9 Å². The van der Waals surface area contributed by atoms with Gasteiger partial charge in [-0.2, -0.15) is 0 Å². The molecule has 0 N–H and O–H groups in total. The van der Waals surface area contributed by atoms with Crippen molar-refractivity contribution in [1.29, 1.82) is 0 Å². The minimum atomic E-state index is 0.272. The van der Waals surface area contributed by atoms with Crippen molar-refractivity contribution in [1.82, 2.24) is 9.80 Å². The molecular formula is C22H34N2O2S. The summed E-state index contributed by atoms with van der Waals surface area (Å²) in [4.78, 5) is 20.1. The number of likely N-dealkylation sites (tertiary alicyclic amines) is 1. The minimum absolute atomic E-state index is 0.272. The molecule has 5 heteroatoms. The van der Waals surface area contributed by atoms with Gasteiger partial charge in [-0.15, -0.1) is 11.3 Å². The second-order valence-electron chi connectivity index (χ2n) is 9.12. The average Bonchev–Trinajstić information content (AvgIpc) is 3.04. The van der Waals surface area contributed by atoms with Crippen LogP contribution in [0.2, 0.25) is 0 Å². The van der Waals surface area contributed by atoms with Gasteiger partial charge in [-0.25, -0.2) is 0 Å². The topological polar surface area (TPSA) is 32.8 Å². The van der Waals surface area contributed by atoms with E-state index in [-0.39, 0.29) is 5.91 Å². The van der Waals surface area contributed by atoms with E-state index in [9.17, 15) is 4.79 Å². The van der Waals surface area contributed by atoms with Gasteiger partial charge in [0.2, 0.25) is 0 Å². The summed E-state index contributed by atoms with van der Waals surface area (Å²) in [7, 11) is 0. The second kappa shape index (κ2) is 8.22. The Kier molecular flexibility index (Phi) is 5.91. The lowest BCUT2D eigenvalue weighted by molar-refractivity contribution is -0.0728. The highest BCUT2D eigenvalue weighted by Gasteiger charge is 2.29. The van der Waals surface area contributed by atoms with Crippen molar-refractivity contribution in [3.8, 4) is 0 Å². The van der Waals surface area contributed by atoms with Crippen molar-refractivity contribution < 1.29 is 9.53 Å². The molecule has 3 aliphatic rings. The largest absolute Gasteiger partial charge is 0.373 e. The number of hydrogen-bond acceptors (Lipinski definition) is 4. The van der Waals surface area contributed by atoms with E-state index < -0.39 is 0 Å². The van der Waals surface area contributed by atoms with Gasteiger partial charge in [0.15, 0.2) is 0 Å². The van der Waals surface area contributed by atoms with Crippen molar-refractivity contribution in [2.75, 3.05) is 32.7 Å². The molecule has 0 aromatic carbocycles. The molecule has 3 unspecified atom stereocenters. The molecule has 2 aliphatic heterocycles. The highest BCUT2D eigenvalue weighted by molar-refractivity contribution is 7.14. The molecule has 2 fully saturated rings. The first kappa shape index (κ1) is 19.4. The quantitative estimate of drug-likeness (QED) is 0.786. The summed E-state index contributed by atoms with van der Waals surface area (Å²) in [5.74, 6) is 1.74. The summed E-state index contributed by atoms with van der Waals surface area (Å²) in [5.41, 5.74) is 1.44. The van der Waals surface area contributed by atoms with Crippen molar-refractivity contribution in [2.45, 2.75) is 65.1 Å². The van der Waals surface area contributed by atoms with E-state index in [2.05, 4.69) is 36.6 Å². The van der Waals surface area contributed by atoms with Crippen LogP contribution in [0.1, 0.15) is 60.1 Å². The Morgan fingerprint density at radius 1 is 1.15 bits per heavy atom. The van der Waals surface area contributed by atoms with E-state index in [1.54, 1.807) is 11.3 Å². The second-order valence-corrected chi connectivity index (χ2v) is 10.3. The number of hydrogen-bond donors (Lipinski definition) is 0. The van der Waals surface area contributed by atoms with Gasteiger partial charge in [0, 0.05) is 37.6 Å². The van der Waals surface area contributed by atoms with Crippen LogP contribution in [0.4, 0.5) is 0 Å².